The van der Waals surface area contributed by atoms with Gasteiger partial charge in [0.05, 0.1) is 12.0 Å². The first kappa shape index (κ1) is 14.7. The summed E-state index contributed by atoms with van der Waals surface area (Å²) in [5, 5.41) is 5.21. The van der Waals surface area contributed by atoms with Gasteiger partial charge in [0.25, 0.3) is 0 Å². The average molecular weight is 375 g/mol. The number of nitrogens with zero attached hydrogens (tertiary/aromatic N) is 1. The van der Waals surface area contributed by atoms with E-state index in [-0.39, 0.29) is 5.91 Å². The Kier molecular flexibility index (Phi) is 4.50. The number of amides is 1. The topological polar surface area (TPSA) is 55.1 Å². The molecule has 0 saturated carbocycles. The molecule has 1 N–H and O–H groups in total. The molecule has 110 valence electrons. The van der Waals surface area contributed by atoms with Crippen molar-refractivity contribution in [2.45, 2.75) is 0 Å². The molecule has 4 nitrogen and oxygen atoms in total. The molecule has 0 fully saturated rings. The van der Waals surface area contributed by atoms with Crippen LogP contribution in [0.5, 0.6) is 0 Å². The van der Waals surface area contributed by atoms with Gasteiger partial charge in [0.15, 0.2) is 5.13 Å². The number of carbonyl (C=O) groups excluding carboxylic acids is 1. The number of aromatic nitrogens is 1. The van der Waals surface area contributed by atoms with Crippen molar-refractivity contribution in [1.29, 1.82) is 0 Å². The van der Waals surface area contributed by atoms with Crippen LogP contribution in [0.3, 0.4) is 0 Å². The van der Waals surface area contributed by atoms with Crippen molar-refractivity contribution in [3.05, 3.63) is 64.4 Å². The number of hydrogen-bond acceptors (Lipinski definition) is 4. The van der Waals surface area contributed by atoms with Gasteiger partial charge in [0, 0.05) is 21.5 Å². The molecule has 0 aliphatic carbocycles. The van der Waals surface area contributed by atoms with Gasteiger partial charge in [0.2, 0.25) is 5.91 Å². The van der Waals surface area contributed by atoms with E-state index in [9.17, 15) is 4.79 Å². The van der Waals surface area contributed by atoms with Gasteiger partial charge in [-0.25, -0.2) is 4.98 Å². The van der Waals surface area contributed by atoms with Crippen LogP contribution in [0.25, 0.3) is 17.3 Å². The second kappa shape index (κ2) is 6.72. The maximum Gasteiger partial charge on any atom is 0.250 e. The first-order chi connectivity index (χ1) is 10.7. The van der Waals surface area contributed by atoms with Crippen LogP contribution in [-0.4, -0.2) is 10.9 Å². The quantitative estimate of drug-likeness (QED) is 0.666. The Morgan fingerprint density at radius 3 is 2.82 bits per heavy atom. The molecule has 2 heterocycles. The highest BCUT2D eigenvalue weighted by Gasteiger charge is 2.06. The highest BCUT2D eigenvalue weighted by molar-refractivity contribution is 9.10. The van der Waals surface area contributed by atoms with Gasteiger partial charge < -0.3 is 4.42 Å². The molecule has 0 radical (unpaired) electrons. The van der Waals surface area contributed by atoms with E-state index in [0.29, 0.717) is 10.9 Å². The Balaban J connectivity index is 1.66. The number of rotatable bonds is 4. The van der Waals surface area contributed by atoms with Crippen LogP contribution >= 0.6 is 27.3 Å². The summed E-state index contributed by atoms with van der Waals surface area (Å²) in [5.41, 5.74) is 1.84. The smallest absolute Gasteiger partial charge is 0.250 e. The molecule has 3 rings (SSSR count). The van der Waals surface area contributed by atoms with E-state index in [1.54, 1.807) is 24.5 Å². The molecule has 1 amide bonds. The van der Waals surface area contributed by atoms with Crippen LogP contribution in [0, 0.1) is 0 Å². The molecule has 0 spiro atoms. The fraction of sp³-hybridized carbons (Fsp3) is 0. The highest BCUT2D eigenvalue weighted by atomic mass is 79.9. The van der Waals surface area contributed by atoms with Gasteiger partial charge in [0.1, 0.15) is 5.76 Å². The van der Waals surface area contributed by atoms with Crippen LogP contribution in [0.2, 0.25) is 0 Å². The summed E-state index contributed by atoms with van der Waals surface area (Å²) in [4.78, 5) is 16.2. The number of furan rings is 1. The van der Waals surface area contributed by atoms with E-state index in [2.05, 4.69) is 26.2 Å². The van der Waals surface area contributed by atoms with Gasteiger partial charge in [-0.1, -0.05) is 28.1 Å². The minimum absolute atomic E-state index is 0.242. The van der Waals surface area contributed by atoms with Crippen molar-refractivity contribution >= 4 is 44.4 Å². The Morgan fingerprint density at radius 2 is 2.09 bits per heavy atom. The zero-order valence-corrected chi connectivity index (χ0v) is 13.7. The highest BCUT2D eigenvalue weighted by Crippen LogP contribution is 2.26. The van der Waals surface area contributed by atoms with Crippen molar-refractivity contribution in [2.75, 3.05) is 5.32 Å². The molecule has 6 heteroatoms. The predicted molar refractivity (Wildman–Crippen MR) is 91.6 cm³/mol. The Labute approximate surface area is 139 Å². The van der Waals surface area contributed by atoms with Gasteiger partial charge in [-0.05, 0) is 30.3 Å². The standard InChI is InChI=1S/C16H11BrN2O2S/c17-12-5-3-11(4-6-12)14-10-22-16(18-14)19-15(20)8-7-13-2-1-9-21-13/h1-10H,(H,18,19,20)/b8-7+. The van der Waals surface area contributed by atoms with Crippen LogP contribution in [0.1, 0.15) is 5.76 Å². The minimum Gasteiger partial charge on any atom is -0.465 e. The molecule has 0 aliphatic heterocycles. The zero-order valence-electron chi connectivity index (χ0n) is 11.3. The second-order valence-corrected chi connectivity index (χ2v) is 6.16. The normalized spacial score (nSPS) is 11.0. The summed E-state index contributed by atoms with van der Waals surface area (Å²) in [6, 6.07) is 11.4. The Bertz CT molecular complexity index is 792. The van der Waals surface area contributed by atoms with Gasteiger partial charge in [-0.15, -0.1) is 11.3 Å². The lowest BCUT2D eigenvalue weighted by molar-refractivity contribution is -0.111. The van der Waals surface area contributed by atoms with E-state index < -0.39 is 0 Å². The van der Waals surface area contributed by atoms with E-state index in [1.165, 1.54) is 17.4 Å². The lowest BCUT2D eigenvalue weighted by atomic mass is 10.2. The molecular formula is C16H11BrN2O2S. The van der Waals surface area contributed by atoms with Crippen molar-refractivity contribution in [3.8, 4) is 11.3 Å². The molecule has 0 atom stereocenters. The maximum absolute atomic E-state index is 11.8. The third-order valence-electron chi connectivity index (χ3n) is 2.82. The Hall–Kier alpha value is -2.18. The maximum atomic E-state index is 11.8. The number of benzene rings is 1. The number of hydrogen-bond donors (Lipinski definition) is 1. The predicted octanol–water partition coefficient (Wildman–Crippen LogP) is 4.82. The number of thiazole rings is 1. The summed E-state index contributed by atoms with van der Waals surface area (Å²) in [6.45, 7) is 0. The third-order valence-corrected chi connectivity index (χ3v) is 4.10. The summed E-state index contributed by atoms with van der Waals surface area (Å²) in [5.74, 6) is 0.387. The molecule has 0 saturated heterocycles. The molecule has 0 bridgehead atoms. The first-order valence-electron chi connectivity index (χ1n) is 6.45. The van der Waals surface area contributed by atoms with E-state index >= 15 is 0 Å². The van der Waals surface area contributed by atoms with Gasteiger partial charge in [-0.3, -0.25) is 10.1 Å². The van der Waals surface area contributed by atoms with Crippen molar-refractivity contribution in [1.82, 2.24) is 4.98 Å². The van der Waals surface area contributed by atoms with E-state index in [4.69, 9.17) is 4.42 Å². The number of anilines is 1. The summed E-state index contributed by atoms with van der Waals surface area (Å²) in [6.07, 6.45) is 4.58. The van der Waals surface area contributed by atoms with Crippen molar-refractivity contribution in [3.63, 3.8) is 0 Å². The molecule has 3 aromatic rings. The van der Waals surface area contributed by atoms with Crippen molar-refractivity contribution in [2.24, 2.45) is 0 Å². The van der Waals surface area contributed by atoms with Crippen LogP contribution in [0.15, 0.2) is 63.0 Å². The number of halogens is 1. The fourth-order valence-electron chi connectivity index (χ4n) is 1.78. The molecule has 2 aromatic heterocycles. The van der Waals surface area contributed by atoms with Crippen molar-refractivity contribution < 1.29 is 9.21 Å². The van der Waals surface area contributed by atoms with E-state index in [0.717, 1.165) is 15.7 Å². The van der Waals surface area contributed by atoms with Crippen LogP contribution in [0.4, 0.5) is 5.13 Å². The molecular weight excluding hydrogens is 364 g/mol. The largest absolute Gasteiger partial charge is 0.465 e. The molecule has 0 aliphatic rings. The second-order valence-electron chi connectivity index (χ2n) is 4.38. The molecule has 0 unspecified atom stereocenters. The van der Waals surface area contributed by atoms with Crippen LogP contribution in [-0.2, 0) is 4.79 Å². The number of nitrogens with one attached hydrogen (secondary N) is 1. The average Bonchev–Trinajstić information content (AvgIpc) is 3.17. The lowest BCUT2D eigenvalue weighted by Crippen LogP contribution is -2.07. The molecule has 22 heavy (non-hydrogen) atoms. The molecule has 1 aromatic carbocycles. The van der Waals surface area contributed by atoms with Crippen LogP contribution < -0.4 is 5.32 Å². The minimum atomic E-state index is -0.242. The summed E-state index contributed by atoms with van der Waals surface area (Å²) >= 11 is 4.79. The van der Waals surface area contributed by atoms with Gasteiger partial charge in [-0.2, -0.15) is 0 Å². The summed E-state index contributed by atoms with van der Waals surface area (Å²) < 4.78 is 6.14. The zero-order chi connectivity index (χ0) is 15.4. The SMILES string of the molecule is O=C(/C=C/c1ccco1)Nc1nc(-c2ccc(Br)cc2)cs1. The number of carbonyl (C=O) groups is 1. The third kappa shape index (κ3) is 3.72. The Morgan fingerprint density at radius 1 is 1.27 bits per heavy atom. The fourth-order valence-corrected chi connectivity index (χ4v) is 2.76. The monoisotopic (exact) mass is 374 g/mol. The summed E-state index contributed by atoms with van der Waals surface area (Å²) in [7, 11) is 0. The van der Waals surface area contributed by atoms with Gasteiger partial charge >= 0.3 is 0 Å². The lowest BCUT2D eigenvalue weighted by Gasteiger charge is -1.97. The first-order valence-corrected chi connectivity index (χ1v) is 8.12. The van der Waals surface area contributed by atoms with E-state index in [1.807, 2.05) is 29.6 Å².